The summed E-state index contributed by atoms with van der Waals surface area (Å²) in [4.78, 5) is 0. The number of aryl methyl sites for hydroxylation is 1. The lowest BCUT2D eigenvalue weighted by Crippen LogP contribution is -2.02. The lowest BCUT2D eigenvalue weighted by Gasteiger charge is -2.05. The Bertz CT molecular complexity index is 328. The van der Waals surface area contributed by atoms with Crippen molar-refractivity contribution in [2.75, 3.05) is 5.75 Å². The molecule has 0 aliphatic heterocycles. The minimum Gasteiger partial charge on any atom is -0.772 e. The second kappa shape index (κ2) is 4.43. The number of halogens is 2. The average molecular weight is 205 g/mol. The Morgan fingerprint density at radius 1 is 1.38 bits per heavy atom. The maximum Gasteiger partial charge on any atom is 0.162 e. The minimum atomic E-state index is -2.22. The number of benzene rings is 1. The zero-order chi connectivity index (χ0) is 9.84. The molecule has 0 aromatic heterocycles. The van der Waals surface area contributed by atoms with Crippen molar-refractivity contribution in [3.8, 4) is 0 Å². The summed E-state index contributed by atoms with van der Waals surface area (Å²) >= 11 is -2.22. The van der Waals surface area contributed by atoms with Crippen LogP contribution < -0.4 is 0 Å². The van der Waals surface area contributed by atoms with Crippen LogP contribution in [0.4, 0.5) is 8.78 Å². The largest absolute Gasteiger partial charge is 0.772 e. The zero-order valence-corrected chi connectivity index (χ0v) is 7.44. The second-order valence-electron chi connectivity index (χ2n) is 2.47. The van der Waals surface area contributed by atoms with Gasteiger partial charge in [0.2, 0.25) is 0 Å². The van der Waals surface area contributed by atoms with Crippen LogP contribution in [0, 0.1) is 11.6 Å². The van der Waals surface area contributed by atoms with Crippen LogP contribution in [-0.2, 0) is 17.5 Å². The van der Waals surface area contributed by atoms with E-state index in [4.69, 9.17) is 0 Å². The first kappa shape index (κ1) is 10.3. The lowest BCUT2D eigenvalue weighted by molar-refractivity contribution is 0.498. The van der Waals surface area contributed by atoms with Gasteiger partial charge in [0, 0.05) is 5.75 Å². The molecule has 1 aromatic rings. The van der Waals surface area contributed by atoms with Crippen molar-refractivity contribution in [1.29, 1.82) is 0 Å². The first-order valence-electron chi connectivity index (χ1n) is 3.60. The molecule has 2 nitrogen and oxygen atoms in total. The molecule has 5 heteroatoms. The van der Waals surface area contributed by atoms with E-state index in [0.29, 0.717) is 0 Å². The SMILES string of the molecule is O=S([O-])CCc1cccc(F)c1F. The van der Waals surface area contributed by atoms with E-state index in [-0.39, 0.29) is 17.7 Å². The standard InChI is InChI=1S/C8H8F2O2S/c9-7-3-1-2-6(8(7)10)4-5-13(11)12/h1-3H,4-5H2,(H,11,12)/p-1. The monoisotopic (exact) mass is 205 g/mol. The van der Waals surface area contributed by atoms with Crippen molar-refractivity contribution in [2.45, 2.75) is 6.42 Å². The molecule has 13 heavy (non-hydrogen) atoms. The van der Waals surface area contributed by atoms with Crippen molar-refractivity contribution < 1.29 is 17.5 Å². The van der Waals surface area contributed by atoms with Crippen LogP contribution in [0.25, 0.3) is 0 Å². The smallest absolute Gasteiger partial charge is 0.162 e. The van der Waals surface area contributed by atoms with Crippen LogP contribution in [0.15, 0.2) is 18.2 Å². The predicted molar refractivity (Wildman–Crippen MR) is 43.8 cm³/mol. The van der Waals surface area contributed by atoms with Gasteiger partial charge in [0.25, 0.3) is 0 Å². The molecular formula is C8H7F2O2S-. The molecule has 0 aliphatic carbocycles. The number of hydrogen-bond donors (Lipinski definition) is 0. The molecule has 0 N–H and O–H groups in total. The molecule has 1 atom stereocenters. The van der Waals surface area contributed by atoms with Gasteiger partial charge in [-0.15, -0.1) is 0 Å². The molecule has 0 heterocycles. The van der Waals surface area contributed by atoms with Crippen molar-refractivity contribution in [3.63, 3.8) is 0 Å². The van der Waals surface area contributed by atoms with E-state index in [2.05, 4.69) is 0 Å². The van der Waals surface area contributed by atoms with E-state index in [0.717, 1.165) is 6.07 Å². The summed E-state index contributed by atoms with van der Waals surface area (Å²) in [5.74, 6) is -2.11. The van der Waals surface area contributed by atoms with E-state index in [1.54, 1.807) is 0 Å². The van der Waals surface area contributed by atoms with Crippen molar-refractivity contribution in [3.05, 3.63) is 35.4 Å². The quantitative estimate of drug-likeness (QED) is 0.699. The van der Waals surface area contributed by atoms with Crippen LogP contribution in [0.2, 0.25) is 0 Å². The van der Waals surface area contributed by atoms with Gasteiger partial charge in [-0.1, -0.05) is 23.2 Å². The molecule has 1 aromatic carbocycles. The van der Waals surface area contributed by atoms with Gasteiger partial charge < -0.3 is 4.55 Å². The van der Waals surface area contributed by atoms with Gasteiger partial charge >= 0.3 is 0 Å². The summed E-state index contributed by atoms with van der Waals surface area (Å²) in [6, 6.07) is 3.71. The van der Waals surface area contributed by atoms with E-state index in [9.17, 15) is 17.5 Å². The normalized spacial score (nSPS) is 12.8. The molecule has 1 rings (SSSR count). The maximum atomic E-state index is 12.9. The van der Waals surface area contributed by atoms with Gasteiger partial charge in [-0.05, 0) is 18.1 Å². The van der Waals surface area contributed by atoms with Gasteiger partial charge in [-0.25, -0.2) is 8.78 Å². The Hall–Kier alpha value is -0.810. The molecule has 72 valence electrons. The first-order chi connectivity index (χ1) is 6.11. The van der Waals surface area contributed by atoms with Crippen molar-refractivity contribution in [2.24, 2.45) is 0 Å². The Kier molecular flexibility index (Phi) is 3.50. The highest BCUT2D eigenvalue weighted by atomic mass is 32.2. The molecule has 0 amide bonds. The summed E-state index contributed by atoms with van der Waals surface area (Å²) in [7, 11) is 0. The Balaban J connectivity index is 2.77. The van der Waals surface area contributed by atoms with Crippen LogP contribution in [0.3, 0.4) is 0 Å². The van der Waals surface area contributed by atoms with Crippen LogP contribution >= 0.6 is 0 Å². The Morgan fingerprint density at radius 3 is 2.69 bits per heavy atom. The first-order valence-corrected chi connectivity index (χ1v) is 4.84. The molecule has 0 fully saturated rings. The minimum absolute atomic E-state index is 0.000293. The van der Waals surface area contributed by atoms with Gasteiger partial charge in [0.15, 0.2) is 11.6 Å². The molecule has 0 spiro atoms. The maximum absolute atomic E-state index is 12.9. The fraction of sp³-hybridized carbons (Fsp3) is 0.250. The third-order valence-corrected chi connectivity index (χ3v) is 2.11. The number of rotatable bonds is 3. The second-order valence-corrected chi connectivity index (χ2v) is 3.49. The zero-order valence-electron chi connectivity index (χ0n) is 6.63. The summed E-state index contributed by atoms with van der Waals surface area (Å²) in [6.45, 7) is 0. The summed E-state index contributed by atoms with van der Waals surface area (Å²) in [5.41, 5.74) is 0.0872. The van der Waals surface area contributed by atoms with Gasteiger partial charge in [0.05, 0.1) is 0 Å². The predicted octanol–water partition coefficient (Wildman–Crippen LogP) is 1.39. The fourth-order valence-electron chi connectivity index (χ4n) is 0.935. The topological polar surface area (TPSA) is 40.1 Å². The lowest BCUT2D eigenvalue weighted by atomic mass is 10.1. The van der Waals surface area contributed by atoms with Gasteiger partial charge in [-0.2, -0.15) is 0 Å². The van der Waals surface area contributed by atoms with Crippen LogP contribution in [0.1, 0.15) is 5.56 Å². The molecule has 0 saturated carbocycles. The Morgan fingerprint density at radius 2 is 2.08 bits per heavy atom. The molecule has 0 bridgehead atoms. The van der Waals surface area contributed by atoms with Crippen molar-refractivity contribution >= 4 is 11.1 Å². The molecule has 0 saturated heterocycles. The van der Waals surface area contributed by atoms with E-state index in [1.165, 1.54) is 12.1 Å². The molecular weight excluding hydrogens is 198 g/mol. The molecule has 0 radical (unpaired) electrons. The highest BCUT2D eigenvalue weighted by Gasteiger charge is 2.06. The highest BCUT2D eigenvalue weighted by Crippen LogP contribution is 2.11. The van der Waals surface area contributed by atoms with E-state index >= 15 is 0 Å². The van der Waals surface area contributed by atoms with Gasteiger partial charge in [0.1, 0.15) is 0 Å². The Labute approximate surface area is 76.9 Å². The van der Waals surface area contributed by atoms with Crippen LogP contribution in [0.5, 0.6) is 0 Å². The van der Waals surface area contributed by atoms with Crippen molar-refractivity contribution in [1.82, 2.24) is 0 Å². The highest BCUT2D eigenvalue weighted by molar-refractivity contribution is 7.79. The summed E-state index contributed by atoms with van der Waals surface area (Å²) < 4.78 is 45.8. The molecule has 0 aliphatic rings. The summed E-state index contributed by atoms with van der Waals surface area (Å²) in [5, 5.41) is 0. The third kappa shape index (κ3) is 2.86. The third-order valence-electron chi connectivity index (χ3n) is 1.57. The van der Waals surface area contributed by atoms with Gasteiger partial charge in [-0.3, -0.25) is 4.21 Å². The van der Waals surface area contributed by atoms with Crippen LogP contribution in [-0.4, -0.2) is 14.5 Å². The number of hydrogen-bond acceptors (Lipinski definition) is 2. The fourth-order valence-corrected chi connectivity index (χ4v) is 1.32. The van der Waals surface area contributed by atoms with E-state index < -0.39 is 22.7 Å². The molecule has 1 unspecified atom stereocenters. The average Bonchev–Trinajstić information content (AvgIpc) is 2.07. The van der Waals surface area contributed by atoms with E-state index in [1.807, 2.05) is 0 Å². The summed E-state index contributed by atoms with van der Waals surface area (Å²) in [6.07, 6.45) is -0.000293.